The highest BCUT2D eigenvalue weighted by Gasteiger charge is 2.09. The number of amides is 1. The largest absolute Gasteiger partial charge is 0.321 e. The van der Waals surface area contributed by atoms with Gasteiger partial charge in [0.15, 0.2) is 5.69 Å². The van der Waals surface area contributed by atoms with Gasteiger partial charge in [-0.2, -0.15) is 0 Å². The second-order valence-corrected chi connectivity index (χ2v) is 4.34. The third-order valence-electron chi connectivity index (χ3n) is 2.18. The molecule has 6 heteroatoms. The number of hydrogen-bond acceptors (Lipinski definition) is 4. The molecule has 0 aliphatic heterocycles. The Kier molecular flexibility index (Phi) is 3.43. The highest BCUT2D eigenvalue weighted by molar-refractivity contribution is 7.98. The Labute approximate surface area is 103 Å². The molecule has 5 nitrogen and oxygen atoms in total. The molecule has 1 heterocycles. The maximum absolute atomic E-state index is 11.7. The summed E-state index contributed by atoms with van der Waals surface area (Å²) >= 11 is 1.66. The number of nitrogens with zero attached hydrogens (tertiary/aromatic N) is 3. The molecular formula is C11H12N4OS. The Morgan fingerprint density at radius 3 is 2.59 bits per heavy atom. The first kappa shape index (κ1) is 11.7. The Morgan fingerprint density at radius 2 is 2.06 bits per heavy atom. The minimum absolute atomic E-state index is 0.255. The SMILES string of the molecule is CSc1ccc(NC(=O)c2cn(C)nn2)cc1. The number of carbonyl (C=O) groups excluding carboxylic acids is 1. The molecule has 1 aromatic carbocycles. The van der Waals surface area contributed by atoms with E-state index in [4.69, 9.17) is 0 Å². The Bertz CT molecular complexity index is 521. The fraction of sp³-hybridized carbons (Fsp3) is 0.182. The molecule has 0 spiro atoms. The van der Waals surface area contributed by atoms with Crippen molar-refractivity contribution in [2.45, 2.75) is 4.90 Å². The van der Waals surface area contributed by atoms with Gasteiger partial charge in [-0.05, 0) is 30.5 Å². The molecule has 0 fully saturated rings. The van der Waals surface area contributed by atoms with E-state index in [0.717, 1.165) is 10.6 Å². The van der Waals surface area contributed by atoms with Crippen LogP contribution in [0.3, 0.4) is 0 Å². The average molecular weight is 248 g/mol. The van der Waals surface area contributed by atoms with Crippen LogP contribution < -0.4 is 5.32 Å². The fourth-order valence-electron chi connectivity index (χ4n) is 1.32. The number of aromatic nitrogens is 3. The summed E-state index contributed by atoms with van der Waals surface area (Å²) in [5, 5.41) is 10.2. The lowest BCUT2D eigenvalue weighted by atomic mass is 10.3. The number of benzene rings is 1. The van der Waals surface area contributed by atoms with Gasteiger partial charge in [-0.25, -0.2) is 0 Å². The number of nitrogens with one attached hydrogen (secondary N) is 1. The summed E-state index contributed by atoms with van der Waals surface area (Å²) in [4.78, 5) is 12.9. The van der Waals surface area contributed by atoms with Crippen LogP contribution >= 0.6 is 11.8 Å². The van der Waals surface area contributed by atoms with Gasteiger partial charge in [0.05, 0.1) is 6.20 Å². The van der Waals surface area contributed by atoms with Crippen LogP contribution in [0.4, 0.5) is 5.69 Å². The van der Waals surface area contributed by atoms with Crippen LogP contribution in [0.1, 0.15) is 10.5 Å². The van der Waals surface area contributed by atoms with E-state index in [2.05, 4.69) is 15.6 Å². The van der Waals surface area contributed by atoms with Crippen molar-refractivity contribution in [3.63, 3.8) is 0 Å². The van der Waals surface area contributed by atoms with E-state index >= 15 is 0 Å². The van der Waals surface area contributed by atoms with Gasteiger partial charge in [-0.3, -0.25) is 9.48 Å². The van der Waals surface area contributed by atoms with E-state index in [9.17, 15) is 4.79 Å². The zero-order chi connectivity index (χ0) is 12.3. The Hall–Kier alpha value is -1.82. The number of carbonyl (C=O) groups is 1. The highest BCUT2D eigenvalue weighted by Crippen LogP contribution is 2.17. The maximum atomic E-state index is 11.7. The second kappa shape index (κ2) is 5.01. The van der Waals surface area contributed by atoms with Crippen LogP contribution in [0.25, 0.3) is 0 Å². The van der Waals surface area contributed by atoms with Crippen molar-refractivity contribution in [1.82, 2.24) is 15.0 Å². The zero-order valence-electron chi connectivity index (χ0n) is 9.54. The summed E-state index contributed by atoms with van der Waals surface area (Å²) in [5.74, 6) is -0.255. The molecule has 0 radical (unpaired) electrons. The van der Waals surface area contributed by atoms with E-state index < -0.39 is 0 Å². The van der Waals surface area contributed by atoms with Crippen molar-refractivity contribution in [2.75, 3.05) is 11.6 Å². The lowest BCUT2D eigenvalue weighted by Gasteiger charge is -2.03. The molecule has 0 saturated heterocycles. The van der Waals surface area contributed by atoms with Gasteiger partial charge in [-0.15, -0.1) is 16.9 Å². The van der Waals surface area contributed by atoms with Gasteiger partial charge < -0.3 is 5.32 Å². The first-order chi connectivity index (χ1) is 8.19. The Morgan fingerprint density at radius 1 is 1.35 bits per heavy atom. The van der Waals surface area contributed by atoms with E-state index in [1.54, 1.807) is 25.0 Å². The van der Waals surface area contributed by atoms with Crippen LogP contribution in [0, 0.1) is 0 Å². The van der Waals surface area contributed by atoms with Crippen LogP contribution in [0.15, 0.2) is 35.4 Å². The predicted molar refractivity (Wildman–Crippen MR) is 67.2 cm³/mol. The van der Waals surface area contributed by atoms with Crippen molar-refractivity contribution in [2.24, 2.45) is 7.05 Å². The summed E-state index contributed by atoms with van der Waals surface area (Å²) < 4.78 is 1.49. The van der Waals surface area contributed by atoms with Crippen molar-refractivity contribution < 1.29 is 4.79 Å². The molecule has 2 rings (SSSR count). The van der Waals surface area contributed by atoms with Crippen molar-refractivity contribution in [3.05, 3.63) is 36.2 Å². The van der Waals surface area contributed by atoms with E-state index in [-0.39, 0.29) is 5.91 Å². The van der Waals surface area contributed by atoms with Gasteiger partial charge >= 0.3 is 0 Å². The van der Waals surface area contributed by atoms with Gasteiger partial charge in [0.2, 0.25) is 0 Å². The summed E-state index contributed by atoms with van der Waals surface area (Å²) in [5.41, 5.74) is 1.06. The number of hydrogen-bond donors (Lipinski definition) is 1. The number of anilines is 1. The third-order valence-corrected chi connectivity index (χ3v) is 2.93. The third kappa shape index (κ3) is 2.85. The van der Waals surface area contributed by atoms with Crippen LogP contribution in [0.2, 0.25) is 0 Å². The molecule has 17 heavy (non-hydrogen) atoms. The van der Waals surface area contributed by atoms with E-state index in [1.165, 1.54) is 4.68 Å². The number of thioether (sulfide) groups is 1. The van der Waals surface area contributed by atoms with Gasteiger partial charge in [0.1, 0.15) is 0 Å². The quantitative estimate of drug-likeness (QED) is 0.841. The number of aryl methyl sites for hydroxylation is 1. The lowest BCUT2D eigenvalue weighted by Crippen LogP contribution is -2.12. The molecule has 0 aliphatic rings. The molecule has 1 aromatic heterocycles. The molecule has 0 aliphatic carbocycles. The van der Waals surface area contributed by atoms with Gasteiger partial charge in [0, 0.05) is 17.6 Å². The van der Waals surface area contributed by atoms with E-state index in [1.807, 2.05) is 30.5 Å². The van der Waals surface area contributed by atoms with Crippen LogP contribution in [-0.4, -0.2) is 27.2 Å². The predicted octanol–water partition coefficient (Wildman–Crippen LogP) is 1.79. The zero-order valence-corrected chi connectivity index (χ0v) is 10.4. The first-order valence-electron chi connectivity index (χ1n) is 5.01. The normalized spacial score (nSPS) is 10.2. The molecular weight excluding hydrogens is 236 g/mol. The summed E-state index contributed by atoms with van der Waals surface area (Å²) in [7, 11) is 1.72. The monoisotopic (exact) mass is 248 g/mol. The average Bonchev–Trinajstić information content (AvgIpc) is 2.77. The van der Waals surface area contributed by atoms with Gasteiger partial charge in [-0.1, -0.05) is 5.21 Å². The van der Waals surface area contributed by atoms with Gasteiger partial charge in [0.25, 0.3) is 5.91 Å². The molecule has 0 atom stereocenters. The molecule has 1 N–H and O–H groups in total. The Balaban J connectivity index is 2.07. The van der Waals surface area contributed by atoms with Crippen molar-refractivity contribution in [1.29, 1.82) is 0 Å². The maximum Gasteiger partial charge on any atom is 0.277 e. The summed E-state index contributed by atoms with van der Waals surface area (Å²) in [6.45, 7) is 0. The first-order valence-corrected chi connectivity index (χ1v) is 6.23. The second-order valence-electron chi connectivity index (χ2n) is 3.46. The van der Waals surface area contributed by atoms with Crippen LogP contribution in [-0.2, 0) is 7.05 Å². The van der Waals surface area contributed by atoms with Crippen molar-refractivity contribution in [3.8, 4) is 0 Å². The highest BCUT2D eigenvalue weighted by atomic mass is 32.2. The fourth-order valence-corrected chi connectivity index (χ4v) is 1.73. The minimum atomic E-state index is -0.255. The summed E-state index contributed by atoms with van der Waals surface area (Å²) in [6, 6.07) is 7.63. The smallest absolute Gasteiger partial charge is 0.277 e. The molecule has 1 amide bonds. The lowest BCUT2D eigenvalue weighted by molar-refractivity contribution is 0.102. The molecule has 2 aromatic rings. The topological polar surface area (TPSA) is 59.8 Å². The molecule has 0 unspecified atom stereocenters. The molecule has 88 valence electrons. The van der Waals surface area contributed by atoms with Crippen LogP contribution in [0.5, 0.6) is 0 Å². The van der Waals surface area contributed by atoms with Crippen molar-refractivity contribution >= 4 is 23.4 Å². The minimum Gasteiger partial charge on any atom is -0.321 e. The number of rotatable bonds is 3. The standard InChI is InChI=1S/C11H12N4OS/c1-15-7-10(13-14-15)11(16)12-8-3-5-9(17-2)6-4-8/h3-7H,1-2H3,(H,12,16). The molecule has 0 saturated carbocycles. The molecule has 0 bridgehead atoms. The van der Waals surface area contributed by atoms with E-state index in [0.29, 0.717) is 5.69 Å². The summed E-state index contributed by atoms with van der Waals surface area (Å²) in [6.07, 6.45) is 3.58.